The van der Waals surface area contributed by atoms with Crippen molar-refractivity contribution in [1.29, 1.82) is 0 Å². The Balaban J connectivity index is 1.39. The van der Waals surface area contributed by atoms with Crippen LogP contribution in [0, 0.1) is 0 Å². The van der Waals surface area contributed by atoms with Gasteiger partial charge in [0, 0.05) is 6.04 Å². The molecule has 1 aliphatic rings. The number of hydrogen-bond donors (Lipinski definition) is 4. The first kappa shape index (κ1) is 18.8. The second-order valence-corrected chi connectivity index (χ2v) is 8.38. The topological polar surface area (TPSA) is 108 Å². The number of aliphatic hydroxyl groups is 1. The summed E-state index contributed by atoms with van der Waals surface area (Å²) in [5.41, 5.74) is 2.20. The third-order valence-electron chi connectivity index (χ3n) is 5.31. The van der Waals surface area contributed by atoms with Gasteiger partial charge in [-0.05, 0) is 49.3 Å². The van der Waals surface area contributed by atoms with E-state index in [-0.39, 0.29) is 11.9 Å². The van der Waals surface area contributed by atoms with Crippen LogP contribution < -0.4 is 10.6 Å². The van der Waals surface area contributed by atoms with Crippen molar-refractivity contribution in [2.75, 3.05) is 10.6 Å². The van der Waals surface area contributed by atoms with E-state index in [4.69, 9.17) is 4.98 Å². The summed E-state index contributed by atoms with van der Waals surface area (Å²) in [7, 11) is 0. The van der Waals surface area contributed by atoms with Crippen LogP contribution in [0.5, 0.6) is 5.75 Å². The van der Waals surface area contributed by atoms with Gasteiger partial charge in [-0.1, -0.05) is 12.1 Å². The van der Waals surface area contributed by atoms with Crippen LogP contribution in [0.2, 0.25) is 0 Å². The summed E-state index contributed by atoms with van der Waals surface area (Å²) < 4.78 is 2.63. The van der Waals surface area contributed by atoms with E-state index in [0.717, 1.165) is 47.4 Å². The van der Waals surface area contributed by atoms with E-state index in [1.807, 2.05) is 17.5 Å². The predicted molar refractivity (Wildman–Crippen MR) is 118 cm³/mol. The van der Waals surface area contributed by atoms with Crippen LogP contribution >= 0.6 is 11.3 Å². The van der Waals surface area contributed by atoms with Gasteiger partial charge in [0.25, 0.3) is 0 Å². The first-order valence-electron chi connectivity index (χ1n) is 9.95. The Morgan fingerprint density at radius 3 is 2.73 bits per heavy atom. The maximum atomic E-state index is 10.0. The minimum absolute atomic E-state index is 0.159. The third-order valence-corrected chi connectivity index (χ3v) is 6.22. The molecular formula is C21H22N6O2S. The molecule has 4 aromatic rings. The summed E-state index contributed by atoms with van der Waals surface area (Å²) in [4.78, 5) is 9.33. The highest BCUT2D eigenvalue weighted by Crippen LogP contribution is 2.31. The van der Waals surface area contributed by atoms with Crippen LogP contribution in [0.3, 0.4) is 0 Å². The number of fused-ring (bicyclic) bond motifs is 1. The number of aromatic nitrogens is 4. The predicted octanol–water partition coefficient (Wildman–Crippen LogP) is 4.04. The normalized spacial score (nSPS) is 19.1. The molecular weight excluding hydrogens is 400 g/mol. The molecule has 1 fully saturated rings. The number of aliphatic hydroxyl groups excluding tert-OH is 1. The number of anilines is 3. The molecule has 1 aromatic carbocycles. The molecule has 0 bridgehead atoms. The maximum absolute atomic E-state index is 10.0. The number of phenols is 1. The Bertz CT molecular complexity index is 1170. The van der Waals surface area contributed by atoms with Gasteiger partial charge in [0.2, 0.25) is 5.95 Å². The lowest BCUT2D eigenvalue weighted by Crippen LogP contribution is -2.28. The number of nitrogens with one attached hydrogen (secondary N) is 2. The smallest absolute Gasteiger partial charge is 0.229 e. The minimum atomic E-state index is -0.187. The lowest BCUT2D eigenvalue weighted by atomic mass is 9.93. The summed E-state index contributed by atoms with van der Waals surface area (Å²) >= 11 is 1.61. The highest BCUT2D eigenvalue weighted by Gasteiger charge is 2.21. The van der Waals surface area contributed by atoms with E-state index in [0.29, 0.717) is 17.7 Å². The SMILES string of the molecule is Oc1ccccc1-n1cc(Nc2nc(NC3CCC(O)CC3)c3sccc3n2)cn1. The quantitative estimate of drug-likeness (QED) is 0.384. The summed E-state index contributed by atoms with van der Waals surface area (Å²) in [5.74, 6) is 1.45. The molecule has 0 unspecified atom stereocenters. The molecule has 3 aromatic heterocycles. The molecule has 0 spiro atoms. The molecule has 4 N–H and O–H groups in total. The van der Waals surface area contributed by atoms with E-state index in [9.17, 15) is 10.2 Å². The third kappa shape index (κ3) is 3.81. The van der Waals surface area contributed by atoms with Crippen molar-refractivity contribution in [1.82, 2.24) is 19.7 Å². The lowest BCUT2D eigenvalue weighted by molar-refractivity contribution is 0.126. The molecule has 154 valence electrons. The minimum Gasteiger partial charge on any atom is -0.506 e. The first-order valence-corrected chi connectivity index (χ1v) is 10.8. The zero-order valence-electron chi connectivity index (χ0n) is 16.2. The average Bonchev–Trinajstić information content (AvgIpc) is 3.40. The Hall–Kier alpha value is -3.17. The van der Waals surface area contributed by atoms with Gasteiger partial charge in [-0.25, -0.2) is 9.67 Å². The number of nitrogens with zero attached hydrogens (tertiary/aromatic N) is 4. The molecule has 30 heavy (non-hydrogen) atoms. The fourth-order valence-corrected chi connectivity index (χ4v) is 4.52. The van der Waals surface area contributed by atoms with Crippen LogP contribution in [0.4, 0.5) is 17.5 Å². The van der Waals surface area contributed by atoms with Crippen molar-refractivity contribution >= 4 is 39.0 Å². The van der Waals surface area contributed by atoms with Gasteiger partial charge in [0.05, 0.1) is 34.4 Å². The fraction of sp³-hybridized carbons (Fsp3) is 0.286. The van der Waals surface area contributed by atoms with Gasteiger partial charge >= 0.3 is 0 Å². The molecule has 8 nitrogen and oxygen atoms in total. The van der Waals surface area contributed by atoms with E-state index in [1.165, 1.54) is 0 Å². The van der Waals surface area contributed by atoms with Gasteiger partial charge in [-0.3, -0.25) is 0 Å². The van der Waals surface area contributed by atoms with Gasteiger partial charge in [-0.15, -0.1) is 11.3 Å². The zero-order valence-corrected chi connectivity index (χ0v) is 17.0. The van der Waals surface area contributed by atoms with Crippen LogP contribution in [0.25, 0.3) is 15.9 Å². The molecule has 0 saturated heterocycles. The molecule has 3 heterocycles. The number of hydrogen-bond acceptors (Lipinski definition) is 8. The van der Waals surface area contributed by atoms with Crippen molar-refractivity contribution in [2.45, 2.75) is 37.8 Å². The molecule has 0 aliphatic heterocycles. The van der Waals surface area contributed by atoms with Gasteiger partial charge in [0.15, 0.2) is 0 Å². The fourth-order valence-electron chi connectivity index (χ4n) is 3.74. The van der Waals surface area contributed by atoms with E-state index in [1.54, 1.807) is 46.6 Å². The van der Waals surface area contributed by atoms with Crippen molar-refractivity contribution < 1.29 is 10.2 Å². The van der Waals surface area contributed by atoms with Crippen LogP contribution in [0.1, 0.15) is 25.7 Å². The number of rotatable bonds is 5. The molecule has 0 atom stereocenters. The molecule has 1 saturated carbocycles. The molecule has 1 aliphatic carbocycles. The Morgan fingerprint density at radius 2 is 1.90 bits per heavy atom. The van der Waals surface area contributed by atoms with Gasteiger partial charge in [-0.2, -0.15) is 10.1 Å². The van der Waals surface area contributed by atoms with E-state index < -0.39 is 0 Å². The summed E-state index contributed by atoms with van der Waals surface area (Å²) in [6.45, 7) is 0. The summed E-state index contributed by atoms with van der Waals surface area (Å²) in [5, 5.41) is 32.9. The highest BCUT2D eigenvalue weighted by molar-refractivity contribution is 7.17. The summed E-state index contributed by atoms with van der Waals surface area (Å²) in [6, 6.07) is 9.31. The average molecular weight is 423 g/mol. The molecule has 0 amide bonds. The van der Waals surface area contributed by atoms with E-state index in [2.05, 4.69) is 20.7 Å². The Labute approximate surface area is 177 Å². The highest BCUT2D eigenvalue weighted by atomic mass is 32.1. The maximum Gasteiger partial charge on any atom is 0.229 e. The van der Waals surface area contributed by atoms with Crippen LogP contribution in [0.15, 0.2) is 48.1 Å². The van der Waals surface area contributed by atoms with Gasteiger partial charge < -0.3 is 20.8 Å². The largest absolute Gasteiger partial charge is 0.506 e. The number of thiophene rings is 1. The van der Waals surface area contributed by atoms with Crippen molar-refractivity contribution in [3.63, 3.8) is 0 Å². The number of aromatic hydroxyl groups is 1. The zero-order chi connectivity index (χ0) is 20.5. The molecule has 5 rings (SSSR count). The van der Waals surface area contributed by atoms with Crippen LogP contribution in [-0.2, 0) is 0 Å². The Morgan fingerprint density at radius 1 is 1.07 bits per heavy atom. The second-order valence-electron chi connectivity index (χ2n) is 7.47. The number of phenolic OH excluding ortho intramolecular Hbond substituents is 1. The number of benzene rings is 1. The standard InChI is InChI=1S/C21H22N6O2S/c28-15-7-5-13(6-8-15)23-20-19-16(9-10-30-19)25-21(26-20)24-14-11-22-27(12-14)17-3-1-2-4-18(17)29/h1-4,9-13,15,28-29H,5-8H2,(H2,23,24,25,26). The van der Waals surface area contributed by atoms with Gasteiger partial charge in [0.1, 0.15) is 17.3 Å². The number of para-hydroxylation sites is 2. The second kappa shape index (κ2) is 7.92. The first-order chi connectivity index (χ1) is 14.7. The summed E-state index contributed by atoms with van der Waals surface area (Å²) in [6.07, 6.45) is 6.74. The van der Waals surface area contributed by atoms with E-state index >= 15 is 0 Å². The molecule has 9 heteroatoms. The molecule has 0 radical (unpaired) electrons. The monoisotopic (exact) mass is 422 g/mol. The van der Waals surface area contributed by atoms with Crippen molar-refractivity contribution in [3.05, 3.63) is 48.1 Å². The van der Waals surface area contributed by atoms with Crippen molar-refractivity contribution in [3.8, 4) is 11.4 Å². The Kier molecular flexibility index (Phi) is 4.97. The van der Waals surface area contributed by atoms with Crippen LogP contribution in [-0.4, -0.2) is 42.1 Å². The van der Waals surface area contributed by atoms with Crippen molar-refractivity contribution in [2.24, 2.45) is 0 Å². The lowest BCUT2D eigenvalue weighted by Gasteiger charge is -2.26.